The molecule has 0 aliphatic heterocycles. The zero-order valence-electron chi connectivity index (χ0n) is 8.82. The Labute approximate surface area is 84.7 Å². The maximum Gasteiger partial charge on any atom is 0.272 e. The van der Waals surface area contributed by atoms with Gasteiger partial charge in [-0.3, -0.25) is 4.90 Å². The largest absolute Gasteiger partial charge is 0.314 e. The minimum absolute atomic E-state index is 0.230. The number of hydrogen-bond acceptors (Lipinski definition) is 2. The quantitative estimate of drug-likeness (QED) is 0.627. The van der Waals surface area contributed by atoms with Crippen molar-refractivity contribution in [3.63, 3.8) is 0 Å². The van der Waals surface area contributed by atoms with Crippen molar-refractivity contribution in [2.24, 2.45) is 0 Å². The molecule has 0 saturated heterocycles. The number of rotatable bonds is 7. The van der Waals surface area contributed by atoms with Crippen molar-refractivity contribution in [3.05, 3.63) is 0 Å². The summed E-state index contributed by atoms with van der Waals surface area (Å²) < 4.78 is 26.3. The van der Waals surface area contributed by atoms with Gasteiger partial charge in [0.25, 0.3) is 5.92 Å². The Balaban J connectivity index is 3.96. The average Bonchev–Trinajstić information content (AvgIpc) is 2.12. The van der Waals surface area contributed by atoms with E-state index < -0.39 is 5.92 Å². The summed E-state index contributed by atoms with van der Waals surface area (Å²) in [5, 5.41) is 2.48. The molecule has 0 amide bonds. The van der Waals surface area contributed by atoms with Crippen molar-refractivity contribution < 1.29 is 8.78 Å². The smallest absolute Gasteiger partial charge is 0.272 e. The maximum absolute atomic E-state index is 13.1. The zero-order valence-corrected chi connectivity index (χ0v) is 8.82. The van der Waals surface area contributed by atoms with Crippen molar-refractivity contribution in [2.75, 3.05) is 33.2 Å². The molecule has 0 aliphatic carbocycles. The standard InChI is InChI=1S/C10H18F2N2/c1-4-6-7-14(5-2)9-10(11,12)8-13-3/h1,13H,5-9H2,2-3H3. The third-order valence-electron chi connectivity index (χ3n) is 1.91. The molecule has 0 atom stereocenters. The third kappa shape index (κ3) is 5.90. The van der Waals surface area contributed by atoms with Crippen LogP contribution in [-0.4, -0.2) is 44.0 Å². The van der Waals surface area contributed by atoms with Gasteiger partial charge in [-0.1, -0.05) is 6.92 Å². The van der Waals surface area contributed by atoms with Crippen LogP contribution in [-0.2, 0) is 0 Å². The molecule has 0 rings (SSSR count). The molecule has 2 nitrogen and oxygen atoms in total. The second-order valence-electron chi connectivity index (χ2n) is 3.21. The number of nitrogens with zero attached hydrogens (tertiary/aromatic N) is 1. The predicted octanol–water partition coefficient (Wildman–Crippen LogP) is 1.19. The van der Waals surface area contributed by atoms with Crippen LogP contribution in [0.25, 0.3) is 0 Å². The molecule has 0 aromatic carbocycles. The van der Waals surface area contributed by atoms with E-state index in [2.05, 4.69) is 11.2 Å². The minimum Gasteiger partial charge on any atom is -0.314 e. The second-order valence-corrected chi connectivity index (χ2v) is 3.21. The lowest BCUT2D eigenvalue weighted by atomic mass is 10.3. The lowest BCUT2D eigenvalue weighted by Gasteiger charge is -2.25. The highest BCUT2D eigenvalue weighted by Gasteiger charge is 2.29. The summed E-state index contributed by atoms with van der Waals surface area (Å²) in [6, 6.07) is 0. The van der Waals surface area contributed by atoms with Gasteiger partial charge in [0.15, 0.2) is 0 Å². The Hall–Kier alpha value is -0.660. The molecule has 0 aromatic heterocycles. The van der Waals surface area contributed by atoms with E-state index in [1.54, 1.807) is 4.90 Å². The zero-order chi connectivity index (χ0) is 11.0. The van der Waals surface area contributed by atoms with Crippen molar-refractivity contribution in [1.82, 2.24) is 10.2 Å². The van der Waals surface area contributed by atoms with Gasteiger partial charge in [-0.15, -0.1) is 12.3 Å². The van der Waals surface area contributed by atoms with E-state index in [0.29, 0.717) is 19.5 Å². The summed E-state index contributed by atoms with van der Waals surface area (Å²) in [6.45, 7) is 2.46. The predicted molar refractivity (Wildman–Crippen MR) is 54.4 cm³/mol. The van der Waals surface area contributed by atoms with Crippen LogP contribution in [0.5, 0.6) is 0 Å². The first-order chi connectivity index (χ1) is 6.55. The Morgan fingerprint density at radius 1 is 1.50 bits per heavy atom. The summed E-state index contributed by atoms with van der Waals surface area (Å²) in [5.41, 5.74) is 0. The fourth-order valence-corrected chi connectivity index (χ4v) is 1.21. The van der Waals surface area contributed by atoms with Crippen LogP contribution in [0, 0.1) is 12.3 Å². The molecular weight excluding hydrogens is 186 g/mol. The van der Waals surface area contributed by atoms with Crippen molar-refractivity contribution in [2.45, 2.75) is 19.3 Å². The number of hydrogen-bond donors (Lipinski definition) is 1. The summed E-state index contributed by atoms with van der Waals surface area (Å²) in [5.74, 6) is -0.233. The van der Waals surface area contributed by atoms with Gasteiger partial charge in [0.1, 0.15) is 0 Å². The molecule has 0 heterocycles. The molecule has 0 fully saturated rings. The molecular formula is C10H18F2N2. The lowest BCUT2D eigenvalue weighted by molar-refractivity contribution is -0.0275. The molecule has 0 spiro atoms. The van der Waals surface area contributed by atoms with Gasteiger partial charge in [-0.25, -0.2) is 8.78 Å². The van der Waals surface area contributed by atoms with E-state index >= 15 is 0 Å². The van der Waals surface area contributed by atoms with E-state index in [9.17, 15) is 8.78 Å². The van der Waals surface area contributed by atoms with Gasteiger partial charge in [0.05, 0.1) is 13.1 Å². The lowest BCUT2D eigenvalue weighted by Crippen LogP contribution is -2.43. The Kier molecular flexibility index (Phi) is 6.43. The van der Waals surface area contributed by atoms with Crippen molar-refractivity contribution >= 4 is 0 Å². The van der Waals surface area contributed by atoms with Crippen LogP contribution < -0.4 is 5.32 Å². The highest BCUT2D eigenvalue weighted by atomic mass is 19.3. The van der Waals surface area contributed by atoms with Gasteiger partial charge in [-0.05, 0) is 13.6 Å². The van der Waals surface area contributed by atoms with Gasteiger partial charge in [0, 0.05) is 13.0 Å². The number of nitrogens with one attached hydrogen (secondary N) is 1. The van der Waals surface area contributed by atoms with E-state index in [-0.39, 0.29) is 13.1 Å². The number of terminal acetylenes is 1. The van der Waals surface area contributed by atoms with E-state index in [4.69, 9.17) is 6.42 Å². The molecule has 0 saturated carbocycles. The van der Waals surface area contributed by atoms with Crippen LogP contribution in [0.4, 0.5) is 8.78 Å². The van der Waals surface area contributed by atoms with Gasteiger partial charge in [0.2, 0.25) is 0 Å². The van der Waals surface area contributed by atoms with Crippen LogP contribution in [0.2, 0.25) is 0 Å². The van der Waals surface area contributed by atoms with Gasteiger partial charge in [-0.2, -0.15) is 0 Å². The number of halogens is 2. The van der Waals surface area contributed by atoms with E-state index in [0.717, 1.165) is 0 Å². The third-order valence-corrected chi connectivity index (χ3v) is 1.91. The molecule has 0 aliphatic rings. The maximum atomic E-state index is 13.1. The number of alkyl halides is 2. The van der Waals surface area contributed by atoms with Crippen LogP contribution in [0.15, 0.2) is 0 Å². The van der Waals surface area contributed by atoms with Gasteiger partial charge >= 0.3 is 0 Å². The van der Waals surface area contributed by atoms with Crippen molar-refractivity contribution in [1.29, 1.82) is 0 Å². The van der Waals surface area contributed by atoms with Crippen LogP contribution >= 0.6 is 0 Å². The summed E-state index contributed by atoms with van der Waals surface area (Å²) in [4.78, 5) is 1.66. The molecule has 0 aromatic rings. The van der Waals surface area contributed by atoms with Gasteiger partial charge < -0.3 is 5.32 Å². The first-order valence-electron chi connectivity index (χ1n) is 4.74. The molecule has 14 heavy (non-hydrogen) atoms. The van der Waals surface area contributed by atoms with E-state index in [1.165, 1.54) is 7.05 Å². The highest BCUT2D eigenvalue weighted by Crippen LogP contribution is 2.13. The fraction of sp³-hybridized carbons (Fsp3) is 0.800. The first kappa shape index (κ1) is 13.3. The summed E-state index contributed by atoms with van der Waals surface area (Å²) in [7, 11) is 1.52. The molecule has 4 heteroatoms. The summed E-state index contributed by atoms with van der Waals surface area (Å²) in [6.07, 6.45) is 5.59. The van der Waals surface area contributed by atoms with Crippen LogP contribution in [0.3, 0.4) is 0 Å². The molecule has 82 valence electrons. The molecule has 0 radical (unpaired) electrons. The fourth-order valence-electron chi connectivity index (χ4n) is 1.21. The Morgan fingerprint density at radius 2 is 2.14 bits per heavy atom. The molecule has 0 bridgehead atoms. The molecule has 1 N–H and O–H groups in total. The average molecular weight is 204 g/mol. The highest BCUT2D eigenvalue weighted by molar-refractivity contribution is 4.85. The van der Waals surface area contributed by atoms with Crippen LogP contribution in [0.1, 0.15) is 13.3 Å². The van der Waals surface area contributed by atoms with Crippen molar-refractivity contribution in [3.8, 4) is 12.3 Å². The topological polar surface area (TPSA) is 15.3 Å². The normalized spacial score (nSPS) is 11.7. The Morgan fingerprint density at radius 3 is 2.57 bits per heavy atom. The summed E-state index contributed by atoms with van der Waals surface area (Å²) >= 11 is 0. The Bertz CT molecular complexity index is 187. The molecule has 0 unspecified atom stereocenters. The second kappa shape index (κ2) is 6.74. The monoisotopic (exact) mass is 204 g/mol. The SMILES string of the molecule is C#CCCN(CC)CC(F)(F)CNC. The van der Waals surface area contributed by atoms with E-state index in [1.807, 2.05) is 6.92 Å². The minimum atomic E-state index is -2.68. The first-order valence-corrected chi connectivity index (χ1v) is 4.74.